The zero-order valence-corrected chi connectivity index (χ0v) is 19.4. The van der Waals surface area contributed by atoms with Crippen LogP contribution in [0.25, 0.3) is 76.9 Å². The van der Waals surface area contributed by atoms with E-state index >= 15 is 0 Å². The van der Waals surface area contributed by atoms with Crippen molar-refractivity contribution in [1.82, 2.24) is 0 Å². The minimum Gasteiger partial charge on any atom is -0.456 e. The van der Waals surface area contributed by atoms with Crippen LogP contribution < -0.4 is 0 Å². The monoisotopic (exact) mass is 460 g/mol. The van der Waals surface area contributed by atoms with Crippen LogP contribution >= 0.6 is 0 Å². The van der Waals surface area contributed by atoms with Gasteiger partial charge in [0.05, 0.1) is 0 Å². The molecule has 0 amide bonds. The lowest BCUT2D eigenvalue weighted by atomic mass is 9.88. The van der Waals surface area contributed by atoms with Gasteiger partial charge in [0.15, 0.2) is 0 Å². The Bertz CT molecular complexity index is 1960. The fraction of sp³-hybridized carbons (Fsp3) is 0. The normalized spacial score (nSPS) is 11.9. The maximum atomic E-state index is 6.22. The Morgan fingerprint density at radius 1 is 0.306 bits per heavy atom. The van der Waals surface area contributed by atoms with Crippen LogP contribution in [0.15, 0.2) is 130 Å². The summed E-state index contributed by atoms with van der Waals surface area (Å²) in [6.07, 6.45) is 0. The maximum Gasteiger partial charge on any atom is 0.136 e. The van der Waals surface area contributed by atoms with Gasteiger partial charge in [-0.3, -0.25) is 0 Å². The number of hydrogen-bond acceptors (Lipinski definition) is 2. The fourth-order valence-electron chi connectivity index (χ4n) is 5.79. The largest absolute Gasteiger partial charge is 0.456 e. The van der Waals surface area contributed by atoms with Crippen LogP contribution in [0.5, 0.6) is 0 Å². The summed E-state index contributed by atoms with van der Waals surface area (Å²) < 4.78 is 12.4. The van der Waals surface area contributed by atoms with E-state index < -0.39 is 0 Å². The second-order valence-electron chi connectivity index (χ2n) is 9.26. The van der Waals surface area contributed by atoms with E-state index in [0.717, 1.165) is 43.9 Å². The molecule has 0 N–H and O–H groups in total. The van der Waals surface area contributed by atoms with Gasteiger partial charge in [0, 0.05) is 21.5 Å². The van der Waals surface area contributed by atoms with Crippen LogP contribution in [0.3, 0.4) is 0 Å². The predicted molar refractivity (Wildman–Crippen MR) is 149 cm³/mol. The molecule has 168 valence electrons. The van der Waals surface area contributed by atoms with Crippen molar-refractivity contribution in [1.29, 1.82) is 0 Å². The lowest BCUT2D eigenvalue weighted by Crippen LogP contribution is -1.88. The number of benzene rings is 6. The van der Waals surface area contributed by atoms with Crippen LogP contribution in [0.1, 0.15) is 0 Å². The van der Waals surface area contributed by atoms with Crippen LogP contribution in [-0.2, 0) is 0 Å². The first-order valence-electron chi connectivity index (χ1n) is 12.2. The summed E-state index contributed by atoms with van der Waals surface area (Å²) in [6, 6.07) is 42.5. The highest BCUT2D eigenvalue weighted by molar-refractivity contribution is 6.20. The molecule has 0 radical (unpaired) electrons. The zero-order chi connectivity index (χ0) is 23.6. The van der Waals surface area contributed by atoms with Crippen molar-refractivity contribution in [2.24, 2.45) is 0 Å². The van der Waals surface area contributed by atoms with E-state index in [4.69, 9.17) is 8.83 Å². The lowest BCUT2D eigenvalue weighted by molar-refractivity contribution is 0.668. The van der Waals surface area contributed by atoms with Crippen molar-refractivity contribution in [3.63, 3.8) is 0 Å². The topological polar surface area (TPSA) is 26.3 Å². The number of para-hydroxylation sites is 2. The quantitative estimate of drug-likeness (QED) is 0.256. The first-order valence-corrected chi connectivity index (χ1v) is 12.2. The molecule has 2 heterocycles. The summed E-state index contributed by atoms with van der Waals surface area (Å²) in [5.41, 5.74) is 8.40. The number of rotatable bonds is 2. The van der Waals surface area contributed by atoms with E-state index in [-0.39, 0.29) is 0 Å². The molecule has 0 saturated carbocycles. The van der Waals surface area contributed by atoms with Crippen LogP contribution in [0.2, 0.25) is 0 Å². The lowest BCUT2D eigenvalue weighted by Gasteiger charge is -2.14. The van der Waals surface area contributed by atoms with E-state index in [2.05, 4.69) is 97.1 Å². The molecule has 0 aliphatic carbocycles. The third kappa shape index (κ3) is 2.67. The Kier molecular flexibility index (Phi) is 3.97. The smallest absolute Gasteiger partial charge is 0.136 e. The Labute approximate surface area is 207 Å². The Balaban J connectivity index is 1.52. The fourth-order valence-corrected chi connectivity index (χ4v) is 5.79. The summed E-state index contributed by atoms with van der Waals surface area (Å²) in [7, 11) is 0. The van der Waals surface area contributed by atoms with Gasteiger partial charge >= 0.3 is 0 Å². The average Bonchev–Trinajstić information content (AvgIpc) is 3.51. The van der Waals surface area contributed by atoms with Gasteiger partial charge in [0.1, 0.15) is 22.3 Å². The second kappa shape index (κ2) is 7.34. The molecule has 0 aliphatic heterocycles. The highest BCUT2D eigenvalue weighted by Gasteiger charge is 2.18. The van der Waals surface area contributed by atoms with Gasteiger partial charge < -0.3 is 8.83 Å². The minimum absolute atomic E-state index is 0.908. The molecule has 2 nitrogen and oxygen atoms in total. The summed E-state index contributed by atoms with van der Waals surface area (Å²) >= 11 is 0. The van der Waals surface area contributed by atoms with Gasteiger partial charge in [-0.25, -0.2) is 0 Å². The average molecular weight is 461 g/mol. The molecule has 0 saturated heterocycles. The van der Waals surface area contributed by atoms with Gasteiger partial charge in [-0.2, -0.15) is 0 Å². The van der Waals surface area contributed by atoms with Crippen molar-refractivity contribution >= 4 is 54.6 Å². The van der Waals surface area contributed by atoms with Crippen molar-refractivity contribution in [2.45, 2.75) is 0 Å². The predicted octanol–water partition coefficient (Wildman–Crippen LogP) is 9.97. The zero-order valence-electron chi connectivity index (χ0n) is 19.4. The molecule has 36 heavy (non-hydrogen) atoms. The van der Waals surface area contributed by atoms with E-state index in [1.54, 1.807) is 0 Å². The highest BCUT2D eigenvalue weighted by Crippen LogP contribution is 2.44. The SMILES string of the molecule is c1cc(-c2cccc3oc4ccccc4c23)c2c(-c3cccc4oc5ccccc5c34)cccc2c1. The molecular formula is C34H20O2. The van der Waals surface area contributed by atoms with Crippen molar-refractivity contribution < 1.29 is 8.83 Å². The van der Waals surface area contributed by atoms with E-state index in [9.17, 15) is 0 Å². The summed E-state index contributed by atoms with van der Waals surface area (Å²) in [5.74, 6) is 0. The van der Waals surface area contributed by atoms with Crippen LogP contribution in [0.4, 0.5) is 0 Å². The maximum absolute atomic E-state index is 6.22. The summed E-state index contributed by atoms with van der Waals surface area (Å²) in [5, 5.41) is 7.03. The summed E-state index contributed by atoms with van der Waals surface area (Å²) in [6.45, 7) is 0. The molecule has 6 aromatic carbocycles. The first kappa shape index (κ1) is 19.5. The van der Waals surface area contributed by atoms with E-state index in [1.807, 2.05) is 24.3 Å². The Morgan fingerprint density at radius 2 is 0.694 bits per heavy atom. The van der Waals surface area contributed by atoms with Crippen LogP contribution in [-0.4, -0.2) is 0 Å². The summed E-state index contributed by atoms with van der Waals surface area (Å²) in [4.78, 5) is 0. The van der Waals surface area contributed by atoms with Crippen molar-refractivity contribution in [3.05, 3.63) is 121 Å². The highest BCUT2D eigenvalue weighted by atomic mass is 16.3. The van der Waals surface area contributed by atoms with Crippen molar-refractivity contribution in [2.75, 3.05) is 0 Å². The molecule has 2 aromatic heterocycles. The van der Waals surface area contributed by atoms with E-state index in [1.165, 1.54) is 33.0 Å². The number of fused-ring (bicyclic) bond motifs is 7. The molecule has 0 aliphatic rings. The third-order valence-corrected chi connectivity index (χ3v) is 7.29. The van der Waals surface area contributed by atoms with Gasteiger partial charge in [0.2, 0.25) is 0 Å². The van der Waals surface area contributed by atoms with Crippen molar-refractivity contribution in [3.8, 4) is 22.3 Å². The first-order chi connectivity index (χ1) is 17.9. The van der Waals surface area contributed by atoms with Gasteiger partial charge in [-0.15, -0.1) is 0 Å². The molecular weight excluding hydrogens is 440 g/mol. The number of hydrogen-bond donors (Lipinski definition) is 0. The second-order valence-corrected chi connectivity index (χ2v) is 9.26. The standard InChI is InChI=1S/C34H20O2/c1-3-17-28-26(11-1)33-24(15-7-19-30(33)35-28)22-13-5-9-21-10-6-14-23(32(21)22)25-16-8-20-31-34(25)27-12-2-4-18-29(27)36-31/h1-20H. The Hall–Kier alpha value is -4.82. The van der Waals surface area contributed by atoms with E-state index in [0.29, 0.717) is 0 Å². The molecule has 0 unspecified atom stereocenters. The Morgan fingerprint density at radius 3 is 1.19 bits per heavy atom. The molecule has 0 fully saturated rings. The molecule has 8 rings (SSSR count). The van der Waals surface area contributed by atoms with Gasteiger partial charge in [-0.05, 0) is 57.3 Å². The van der Waals surface area contributed by atoms with Crippen LogP contribution in [0, 0.1) is 0 Å². The minimum atomic E-state index is 0.908. The molecule has 0 atom stereocenters. The third-order valence-electron chi connectivity index (χ3n) is 7.29. The van der Waals surface area contributed by atoms with Gasteiger partial charge in [0.25, 0.3) is 0 Å². The molecule has 2 heteroatoms. The molecule has 0 bridgehead atoms. The molecule has 0 spiro atoms. The molecule has 8 aromatic rings. The number of furan rings is 2. The van der Waals surface area contributed by atoms with Gasteiger partial charge in [-0.1, -0.05) is 97.1 Å².